The largest absolute Gasteiger partial charge is 0.463 e. The number of ether oxygens (including phenoxy) is 4. The summed E-state index contributed by atoms with van der Waals surface area (Å²) in [4.78, 5) is 45.6. The van der Waals surface area contributed by atoms with E-state index in [1.807, 2.05) is 0 Å². The molecule has 11 heteroatoms. The summed E-state index contributed by atoms with van der Waals surface area (Å²) in [5.41, 5.74) is 0. The van der Waals surface area contributed by atoms with Crippen LogP contribution in [0.4, 0.5) is 0 Å². The van der Waals surface area contributed by atoms with Crippen molar-refractivity contribution >= 4 is 30.0 Å². The van der Waals surface area contributed by atoms with Gasteiger partial charge in [0.25, 0.3) is 0 Å². The first-order valence-electron chi connectivity index (χ1n) is 7.73. The van der Waals surface area contributed by atoms with E-state index < -0.39 is 54.3 Å². The molecule has 0 aromatic carbocycles. The summed E-state index contributed by atoms with van der Waals surface area (Å²) in [6, 6.07) is -1.01. The molecule has 0 bridgehead atoms. The van der Waals surface area contributed by atoms with Gasteiger partial charge in [0, 0.05) is 27.7 Å². The maximum Gasteiger partial charge on any atom is 0.303 e. The van der Waals surface area contributed by atoms with Crippen molar-refractivity contribution < 1.29 is 43.3 Å². The molecule has 5 atom stereocenters. The Bertz CT molecular complexity index is 577. The van der Waals surface area contributed by atoms with E-state index in [1.54, 1.807) is 0 Å². The number of rotatable bonds is 6. The average Bonchev–Trinajstić information content (AvgIpc) is 2.50. The SMILES string of the molecule is CC(=O)N[C@@H]1[C@@H](OC(C)=O)[C@H](OC(C)=O)[C@@H](COC(C)=O)O[C@H]1/C=N/O. The topological polar surface area (TPSA) is 150 Å². The third-order valence-electron chi connectivity index (χ3n) is 3.37. The van der Waals surface area contributed by atoms with Crippen LogP contribution in [0.15, 0.2) is 5.16 Å². The number of hydrogen-bond donors (Lipinski definition) is 2. The molecule has 0 saturated carbocycles. The van der Waals surface area contributed by atoms with Crippen molar-refractivity contribution in [3.8, 4) is 0 Å². The van der Waals surface area contributed by atoms with E-state index in [9.17, 15) is 19.2 Å². The Morgan fingerprint density at radius 2 is 1.62 bits per heavy atom. The normalized spacial score (nSPS) is 28.2. The van der Waals surface area contributed by atoms with E-state index in [4.69, 9.17) is 24.2 Å². The molecule has 11 nitrogen and oxygen atoms in total. The first-order valence-corrected chi connectivity index (χ1v) is 7.73. The first-order chi connectivity index (χ1) is 12.1. The Kier molecular flexibility index (Phi) is 7.97. The van der Waals surface area contributed by atoms with E-state index in [0.29, 0.717) is 0 Å². The second-order valence-corrected chi connectivity index (χ2v) is 5.58. The lowest BCUT2D eigenvalue weighted by molar-refractivity contribution is -0.214. The number of oxime groups is 1. The van der Waals surface area contributed by atoms with Crippen molar-refractivity contribution in [1.82, 2.24) is 5.32 Å². The molecule has 1 saturated heterocycles. The molecule has 1 aliphatic rings. The zero-order valence-electron chi connectivity index (χ0n) is 14.8. The van der Waals surface area contributed by atoms with Crippen molar-refractivity contribution in [2.45, 2.75) is 58.2 Å². The molecular formula is C15H22N2O9. The third kappa shape index (κ3) is 6.31. The Morgan fingerprint density at radius 3 is 2.08 bits per heavy atom. The summed E-state index contributed by atoms with van der Waals surface area (Å²) in [5.74, 6) is -2.47. The fraction of sp³-hybridized carbons (Fsp3) is 0.667. The summed E-state index contributed by atoms with van der Waals surface area (Å²) in [5, 5.41) is 14.3. The highest BCUT2D eigenvalue weighted by Gasteiger charge is 2.50. The minimum Gasteiger partial charge on any atom is -0.463 e. The second-order valence-electron chi connectivity index (χ2n) is 5.58. The van der Waals surface area contributed by atoms with Gasteiger partial charge >= 0.3 is 17.9 Å². The van der Waals surface area contributed by atoms with Gasteiger partial charge < -0.3 is 29.5 Å². The number of hydrogen-bond acceptors (Lipinski definition) is 10. The molecule has 0 aromatic heterocycles. The maximum atomic E-state index is 11.5. The van der Waals surface area contributed by atoms with Gasteiger partial charge in [-0.3, -0.25) is 19.2 Å². The van der Waals surface area contributed by atoms with Crippen LogP contribution < -0.4 is 5.32 Å². The van der Waals surface area contributed by atoms with Gasteiger partial charge in [-0.25, -0.2) is 0 Å². The average molecular weight is 374 g/mol. The van der Waals surface area contributed by atoms with Gasteiger partial charge in [0.15, 0.2) is 12.2 Å². The van der Waals surface area contributed by atoms with Crippen LogP contribution in [0.3, 0.4) is 0 Å². The highest BCUT2D eigenvalue weighted by molar-refractivity contribution is 5.75. The monoisotopic (exact) mass is 374 g/mol. The van der Waals surface area contributed by atoms with Crippen molar-refractivity contribution in [2.24, 2.45) is 5.16 Å². The summed E-state index contributed by atoms with van der Waals surface area (Å²) in [6.07, 6.45) is -3.43. The Labute approximate surface area is 149 Å². The van der Waals surface area contributed by atoms with Crippen LogP contribution in [0.1, 0.15) is 27.7 Å². The van der Waals surface area contributed by atoms with Crippen LogP contribution in [0.5, 0.6) is 0 Å². The van der Waals surface area contributed by atoms with Crippen molar-refractivity contribution in [2.75, 3.05) is 6.61 Å². The molecule has 0 spiro atoms. The van der Waals surface area contributed by atoms with Gasteiger partial charge in [0.05, 0.1) is 6.21 Å². The van der Waals surface area contributed by atoms with Crippen molar-refractivity contribution in [3.05, 3.63) is 0 Å². The highest BCUT2D eigenvalue weighted by Crippen LogP contribution is 2.26. The quantitative estimate of drug-likeness (QED) is 0.199. The fourth-order valence-electron chi connectivity index (χ4n) is 2.56. The van der Waals surface area contributed by atoms with Crippen LogP contribution in [0, 0.1) is 0 Å². The molecule has 0 unspecified atom stereocenters. The Hall–Kier alpha value is -2.69. The van der Waals surface area contributed by atoms with Crippen LogP contribution in [0.2, 0.25) is 0 Å². The third-order valence-corrected chi connectivity index (χ3v) is 3.37. The Morgan fingerprint density at radius 1 is 1.04 bits per heavy atom. The van der Waals surface area contributed by atoms with Gasteiger partial charge in [-0.1, -0.05) is 5.16 Å². The number of esters is 3. The molecule has 1 heterocycles. The summed E-state index contributed by atoms with van der Waals surface area (Å²) < 4.78 is 21.0. The second kappa shape index (κ2) is 9.70. The zero-order valence-corrected chi connectivity index (χ0v) is 14.8. The molecule has 26 heavy (non-hydrogen) atoms. The zero-order chi connectivity index (χ0) is 19.9. The van der Waals surface area contributed by atoms with Gasteiger partial charge in [0.1, 0.15) is 24.9 Å². The summed E-state index contributed by atoms with van der Waals surface area (Å²) in [6.45, 7) is 4.38. The molecule has 146 valence electrons. The van der Waals surface area contributed by atoms with Crippen LogP contribution >= 0.6 is 0 Å². The lowest BCUT2D eigenvalue weighted by Gasteiger charge is -2.44. The standard InChI is InChI=1S/C15H22N2O9/c1-7(18)17-13-11(5-16-22)26-12(6-23-8(2)19)14(24-9(3)20)15(13)25-10(4)21/h5,11-15,22H,6H2,1-4H3,(H,17,18)/b16-5+/t11-,12+,13-,14+,15+/m0/s1. The van der Waals surface area contributed by atoms with E-state index >= 15 is 0 Å². The van der Waals surface area contributed by atoms with Crippen LogP contribution in [-0.4, -0.2) is 72.3 Å². The molecule has 1 rings (SSSR count). The van der Waals surface area contributed by atoms with E-state index in [0.717, 1.165) is 20.1 Å². The van der Waals surface area contributed by atoms with Crippen LogP contribution in [-0.2, 0) is 38.1 Å². The molecule has 0 radical (unpaired) electrons. The van der Waals surface area contributed by atoms with Gasteiger partial charge in [-0.2, -0.15) is 0 Å². The minimum atomic E-state index is -1.17. The number of nitrogens with zero attached hydrogens (tertiary/aromatic N) is 1. The molecule has 1 amide bonds. The lowest BCUT2D eigenvalue weighted by Crippen LogP contribution is -2.66. The van der Waals surface area contributed by atoms with Crippen molar-refractivity contribution in [1.29, 1.82) is 0 Å². The molecular weight excluding hydrogens is 352 g/mol. The van der Waals surface area contributed by atoms with E-state index in [2.05, 4.69) is 10.5 Å². The first kappa shape index (κ1) is 21.4. The van der Waals surface area contributed by atoms with Crippen molar-refractivity contribution in [3.63, 3.8) is 0 Å². The number of amides is 1. The van der Waals surface area contributed by atoms with E-state index in [-0.39, 0.29) is 6.61 Å². The van der Waals surface area contributed by atoms with Gasteiger partial charge in [0.2, 0.25) is 5.91 Å². The predicted molar refractivity (Wildman–Crippen MR) is 84.3 cm³/mol. The molecule has 0 aromatic rings. The number of carbonyl (C=O) groups excluding carboxylic acids is 4. The van der Waals surface area contributed by atoms with Crippen LogP contribution in [0.25, 0.3) is 0 Å². The predicted octanol–water partition coefficient (Wildman–Crippen LogP) is -0.855. The fourth-order valence-corrected chi connectivity index (χ4v) is 2.56. The van der Waals surface area contributed by atoms with Gasteiger partial charge in [-0.15, -0.1) is 0 Å². The minimum absolute atomic E-state index is 0.312. The molecule has 1 fully saturated rings. The molecule has 0 aliphatic carbocycles. The smallest absolute Gasteiger partial charge is 0.303 e. The molecule has 1 aliphatic heterocycles. The van der Waals surface area contributed by atoms with Gasteiger partial charge in [-0.05, 0) is 0 Å². The number of nitrogens with one attached hydrogen (secondary N) is 1. The summed E-state index contributed by atoms with van der Waals surface area (Å²) >= 11 is 0. The number of carbonyl (C=O) groups is 4. The maximum absolute atomic E-state index is 11.5. The lowest BCUT2D eigenvalue weighted by atomic mass is 9.92. The summed E-state index contributed by atoms with van der Waals surface area (Å²) in [7, 11) is 0. The Balaban J connectivity index is 3.26. The molecule has 2 N–H and O–H groups in total. The van der Waals surface area contributed by atoms with E-state index in [1.165, 1.54) is 13.8 Å². The highest BCUT2D eigenvalue weighted by atomic mass is 16.6.